The first kappa shape index (κ1) is 11.2. The van der Waals surface area contributed by atoms with Crippen molar-refractivity contribution >= 4 is 0 Å². The van der Waals surface area contributed by atoms with Crippen LogP contribution in [0, 0.1) is 0 Å². The van der Waals surface area contributed by atoms with Gasteiger partial charge < -0.3 is 0 Å². The van der Waals surface area contributed by atoms with Crippen molar-refractivity contribution in [1.82, 2.24) is 4.98 Å². The fraction of sp³-hybridized carbons (Fsp3) is 0.615. The molecular weight excluding hydrogens is 170 g/mol. The van der Waals surface area contributed by atoms with Gasteiger partial charge in [-0.05, 0) is 36.8 Å². The Morgan fingerprint density at radius 1 is 1.14 bits per heavy atom. The standard InChI is InChI=1S/C11H15N.C2H6/c1-8(2)10-7-6-9-4-3-5-11(9)12-10;1-2/h6-8H,3-5H2,1-2H3;1-2H3. The van der Waals surface area contributed by atoms with Crippen LogP contribution in [0.15, 0.2) is 12.1 Å². The second-order valence-electron chi connectivity index (χ2n) is 3.85. The lowest BCUT2D eigenvalue weighted by atomic mass is 10.1. The molecule has 1 aliphatic carbocycles. The van der Waals surface area contributed by atoms with Crippen molar-refractivity contribution in [2.75, 3.05) is 0 Å². The second-order valence-corrected chi connectivity index (χ2v) is 3.85. The van der Waals surface area contributed by atoms with E-state index in [1.54, 1.807) is 0 Å². The lowest BCUT2D eigenvalue weighted by Gasteiger charge is -2.06. The van der Waals surface area contributed by atoms with Crippen molar-refractivity contribution in [3.63, 3.8) is 0 Å². The van der Waals surface area contributed by atoms with Crippen LogP contribution in [0.4, 0.5) is 0 Å². The van der Waals surface area contributed by atoms with Crippen LogP contribution in [-0.4, -0.2) is 4.98 Å². The average molecular weight is 191 g/mol. The van der Waals surface area contributed by atoms with E-state index >= 15 is 0 Å². The highest BCUT2D eigenvalue weighted by molar-refractivity contribution is 5.27. The highest BCUT2D eigenvalue weighted by Gasteiger charge is 2.12. The Kier molecular flexibility index (Phi) is 4.12. The SMILES string of the molecule is CC.CC(C)c1ccc2c(n1)CCC2. The first-order valence-corrected chi connectivity index (χ1v) is 5.76. The molecule has 1 aliphatic rings. The number of nitrogens with zero attached hydrogens (tertiary/aromatic N) is 1. The number of rotatable bonds is 1. The van der Waals surface area contributed by atoms with Crippen LogP contribution in [0.25, 0.3) is 0 Å². The van der Waals surface area contributed by atoms with Gasteiger partial charge in [0, 0.05) is 11.4 Å². The van der Waals surface area contributed by atoms with E-state index in [-0.39, 0.29) is 0 Å². The minimum Gasteiger partial charge on any atom is -0.257 e. The summed E-state index contributed by atoms with van der Waals surface area (Å²) in [5.74, 6) is 0.566. The molecule has 0 atom stereocenters. The van der Waals surface area contributed by atoms with Gasteiger partial charge in [0.05, 0.1) is 0 Å². The van der Waals surface area contributed by atoms with Crippen molar-refractivity contribution in [3.05, 3.63) is 29.1 Å². The molecule has 2 rings (SSSR count). The maximum absolute atomic E-state index is 4.65. The molecule has 0 amide bonds. The number of hydrogen-bond acceptors (Lipinski definition) is 1. The third-order valence-corrected chi connectivity index (χ3v) is 2.54. The second kappa shape index (κ2) is 5.14. The van der Waals surface area contributed by atoms with E-state index in [4.69, 9.17) is 0 Å². The van der Waals surface area contributed by atoms with Crippen LogP contribution < -0.4 is 0 Å². The molecule has 0 aliphatic heterocycles. The number of fused-ring (bicyclic) bond motifs is 1. The van der Waals surface area contributed by atoms with Crippen LogP contribution in [0.1, 0.15) is 57.0 Å². The molecule has 1 heteroatoms. The normalized spacial score (nSPS) is 13.5. The topological polar surface area (TPSA) is 12.9 Å². The summed E-state index contributed by atoms with van der Waals surface area (Å²) in [6.45, 7) is 8.40. The third kappa shape index (κ3) is 2.34. The van der Waals surface area contributed by atoms with Gasteiger partial charge in [-0.1, -0.05) is 33.8 Å². The van der Waals surface area contributed by atoms with Gasteiger partial charge >= 0.3 is 0 Å². The summed E-state index contributed by atoms with van der Waals surface area (Å²) < 4.78 is 0. The number of aryl methyl sites for hydroxylation is 2. The van der Waals surface area contributed by atoms with Gasteiger partial charge in [-0.3, -0.25) is 4.98 Å². The molecule has 78 valence electrons. The Morgan fingerprint density at radius 2 is 1.86 bits per heavy atom. The van der Waals surface area contributed by atoms with Gasteiger partial charge in [0.1, 0.15) is 0 Å². The first-order valence-electron chi connectivity index (χ1n) is 5.76. The zero-order chi connectivity index (χ0) is 10.6. The Bertz CT molecular complexity index is 289. The average Bonchev–Trinajstić information content (AvgIpc) is 2.67. The molecule has 0 unspecified atom stereocenters. The van der Waals surface area contributed by atoms with E-state index in [0.29, 0.717) is 5.92 Å². The fourth-order valence-corrected chi connectivity index (χ4v) is 1.76. The smallest absolute Gasteiger partial charge is 0.0439 e. The lowest BCUT2D eigenvalue weighted by molar-refractivity contribution is 0.806. The largest absolute Gasteiger partial charge is 0.257 e. The van der Waals surface area contributed by atoms with E-state index in [2.05, 4.69) is 31.0 Å². The number of pyridine rings is 1. The van der Waals surface area contributed by atoms with Gasteiger partial charge in [-0.15, -0.1) is 0 Å². The van der Waals surface area contributed by atoms with Crippen molar-refractivity contribution in [2.45, 2.75) is 52.9 Å². The molecule has 0 saturated heterocycles. The van der Waals surface area contributed by atoms with Crippen LogP contribution in [0.5, 0.6) is 0 Å². The molecular formula is C13H21N. The minimum atomic E-state index is 0.566. The summed E-state index contributed by atoms with van der Waals surface area (Å²) in [6, 6.07) is 4.43. The molecule has 0 spiro atoms. The van der Waals surface area contributed by atoms with Crippen molar-refractivity contribution in [2.24, 2.45) is 0 Å². The Labute approximate surface area is 87.6 Å². The highest BCUT2D eigenvalue weighted by Crippen LogP contribution is 2.22. The number of hydrogen-bond donors (Lipinski definition) is 0. The summed E-state index contributed by atoms with van der Waals surface area (Å²) in [4.78, 5) is 4.65. The monoisotopic (exact) mass is 191 g/mol. The maximum atomic E-state index is 4.65. The lowest BCUT2D eigenvalue weighted by Crippen LogP contribution is -1.96. The van der Waals surface area contributed by atoms with Gasteiger partial charge in [-0.2, -0.15) is 0 Å². The van der Waals surface area contributed by atoms with Crippen molar-refractivity contribution in [1.29, 1.82) is 0 Å². The first-order chi connectivity index (χ1) is 6.77. The number of aromatic nitrogens is 1. The van der Waals surface area contributed by atoms with Gasteiger partial charge in [0.25, 0.3) is 0 Å². The zero-order valence-electron chi connectivity index (χ0n) is 9.80. The summed E-state index contributed by atoms with van der Waals surface area (Å²) >= 11 is 0. The molecule has 0 N–H and O–H groups in total. The van der Waals surface area contributed by atoms with E-state index in [1.807, 2.05) is 13.8 Å². The molecule has 1 heterocycles. The van der Waals surface area contributed by atoms with Gasteiger partial charge in [-0.25, -0.2) is 0 Å². The van der Waals surface area contributed by atoms with Crippen LogP contribution >= 0.6 is 0 Å². The molecule has 0 aromatic carbocycles. The molecule has 1 nitrogen and oxygen atoms in total. The van der Waals surface area contributed by atoms with Crippen molar-refractivity contribution < 1.29 is 0 Å². The molecule has 14 heavy (non-hydrogen) atoms. The van der Waals surface area contributed by atoms with Crippen molar-refractivity contribution in [3.8, 4) is 0 Å². The molecule has 0 saturated carbocycles. The molecule has 1 aromatic heterocycles. The summed E-state index contributed by atoms with van der Waals surface area (Å²) in [5.41, 5.74) is 4.07. The van der Waals surface area contributed by atoms with E-state index in [0.717, 1.165) is 0 Å². The Morgan fingerprint density at radius 3 is 2.50 bits per heavy atom. The quantitative estimate of drug-likeness (QED) is 0.659. The fourth-order valence-electron chi connectivity index (χ4n) is 1.76. The van der Waals surface area contributed by atoms with Crippen LogP contribution in [0.2, 0.25) is 0 Å². The van der Waals surface area contributed by atoms with Crippen LogP contribution in [-0.2, 0) is 12.8 Å². The Balaban J connectivity index is 0.000000461. The maximum Gasteiger partial charge on any atom is 0.0439 e. The molecule has 0 fully saturated rings. The van der Waals surface area contributed by atoms with E-state index in [9.17, 15) is 0 Å². The predicted octanol–water partition coefficient (Wildman–Crippen LogP) is 3.72. The highest BCUT2D eigenvalue weighted by atomic mass is 14.7. The molecule has 1 aromatic rings. The third-order valence-electron chi connectivity index (χ3n) is 2.54. The van der Waals surface area contributed by atoms with E-state index in [1.165, 1.54) is 36.2 Å². The summed E-state index contributed by atoms with van der Waals surface area (Å²) in [5, 5.41) is 0. The molecule has 0 radical (unpaired) electrons. The molecule has 0 bridgehead atoms. The summed E-state index contributed by atoms with van der Waals surface area (Å²) in [7, 11) is 0. The van der Waals surface area contributed by atoms with Crippen LogP contribution in [0.3, 0.4) is 0 Å². The van der Waals surface area contributed by atoms with E-state index < -0.39 is 0 Å². The predicted molar refractivity (Wildman–Crippen MR) is 61.7 cm³/mol. The zero-order valence-corrected chi connectivity index (χ0v) is 9.80. The Hall–Kier alpha value is -0.850. The van der Waals surface area contributed by atoms with Gasteiger partial charge in [0.2, 0.25) is 0 Å². The minimum absolute atomic E-state index is 0.566. The van der Waals surface area contributed by atoms with Gasteiger partial charge in [0.15, 0.2) is 0 Å². The summed E-state index contributed by atoms with van der Waals surface area (Å²) in [6.07, 6.45) is 3.72.